The molecule has 0 spiro atoms. The fourth-order valence-corrected chi connectivity index (χ4v) is 13.5. The third-order valence-electron chi connectivity index (χ3n) is 16.0. The minimum atomic E-state index is 0.988. The van der Waals surface area contributed by atoms with Gasteiger partial charge in [0, 0.05) is 5.25 Å². The van der Waals surface area contributed by atoms with Gasteiger partial charge in [0.1, 0.15) is 0 Å². The third kappa shape index (κ3) is 52.5. The van der Waals surface area contributed by atoms with E-state index in [1.165, 1.54) is 383 Å². The summed E-state index contributed by atoms with van der Waals surface area (Å²) in [5.74, 6) is 5.33. The number of rotatable bonds is 58. The van der Waals surface area contributed by atoms with Gasteiger partial charge in [-0.2, -0.15) is 23.5 Å². The summed E-state index contributed by atoms with van der Waals surface area (Å²) in [4.78, 5) is 0. The highest BCUT2D eigenvalue weighted by molar-refractivity contribution is 7.99. The van der Waals surface area contributed by atoms with Crippen molar-refractivity contribution < 1.29 is 0 Å². The number of hydrogen-bond acceptors (Lipinski definition) is 2. The van der Waals surface area contributed by atoms with Crippen LogP contribution in [0.15, 0.2) is 0 Å². The zero-order valence-corrected chi connectivity index (χ0v) is 48.0. The standard InChI is InChI=1S/C64H128S2/c1-3-5-7-9-11-13-15-17-19-21-23-25-27-29-31-33-35-37-39-41-43-45-47-49-51-53-60-65-62-59-63-55-57-64(58-56-63)66-61-54-52-50-48-46-44-42-40-38-36-34-32-30-28-26-24-22-20-18-16-14-12-10-8-6-4-2/h63-64H,3-62H2,1-2H3. The summed E-state index contributed by atoms with van der Waals surface area (Å²) in [5, 5.41) is 0.988. The first-order valence-corrected chi connectivity index (χ1v) is 34.3. The lowest BCUT2D eigenvalue weighted by Crippen LogP contribution is -2.17. The summed E-state index contributed by atoms with van der Waals surface area (Å²) in [6.07, 6.45) is 84.8. The Labute approximate surface area is 429 Å². The summed E-state index contributed by atoms with van der Waals surface area (Å²) in [7, 11) is 0. The van der Waals surface area contributed by atoms with Crippen LogP contribution in [0.4, 0.5) is 0 Å². The monoisotopic (exact) mass is 961 g/mol. The Hall–Kier alpha value is 0.700. The summed E-state index contributed by atoms with van der Waals surface area (Å²) >= 11 is 4.62. The van der Waals surface area contributed by atoms with Crippen LogP contribution in [0, 0.1) is 5.92 Å². The largest absolute Gasteiger partial charge is 0.162 e. The lowest BCUT2D eigenvalue weighted by molar-refractivity contribution is 0.358. The van der Waals surface area contributed by atoms with E-state index in [2.05, 4.69) is 37.4 Å². The molecule has 2 heteroatoms. The quantitative estimate of drug-likeness (QED) is 0.0557. The van der Waals surface area contributed by atoms with Gasteiger partial charge in [0.15, 0.2) is 0 Å². The van der Waals surface area contributed by atoms with Gasteiger partial charge in [0.2, 0.25) is 0 Å². The summed E-state index contributed by atoms with van der Waals surface area (Å²) in [5.41, 5.74) is 0. The van der Waals surface area contributed by atoms with Crippen LogP contribution in [0.1, 0.15) is 380 Å². The van der Waals surface area contributed by atoms with Gasteiger partial charge in [-0.15, -0.1) is 0 Å². The van der Waals surface area contributed by atoms with Crippen molar-refractivity contribution in [2.45, 2.75) is 385 Å². The van der Waals surface area contributed by atoms with Crippen LogP contribution < -0.4 is 0 Å². The third-order valence-corrected chi connectivity index (χ3v) is 18.5. The predicted octanol–water partition coefficient (Wildman–Crippen LogP) is 24.7. The summed E-state index contributed by atoms with van der Waals surface area (Å²) < 4.78 is 0. The van der Waals surface area contributed by atoms with Crippen molar-refractivity contribution in [2.75, 3.05) is 17.3 Å². The van der Waals surface area contributed by atoms with Gasteiger partial charge in [-0.05, 0) is 68.1 Å². The normalized spacial score (nSPS) is 15.4. The van der Waals surface area contributed by atoms with Gasteiger partial charge in [0.25, 0.3) is 0 Å². The molecule has 0 bridgehead atoms. The second-order valence-electron chi connectivity index (χ2n) is 22.6. The maximum absolute atomic E-state index is 2.34. The van der Waals surface area contributed by atoms with Crippen LogP contribution in [0.3, 0.4) is 0 Å². The average Bonchev–Trinajstić information content (AvgIpc) is 3.33. The minimum Gasteiger partial charge on any atom is -0.162 e. The number of hydrogen-bond donors (Lipinski definition) is 0. The lowest BCUT2D eigenvalue weighted by atomic mass is 9.87. The van der Waals surface area contributed by atoms with Crippen molar-refractivity contribution in [1.82, 2.24) is 0 Å². The maximum Gasteiger partial charge on any atom is 0.00472 e. The van der Waals surface area contributed by atoms with Crippen molar-refractivity contribution in [2.24, 2.45) is 5.92 Å². The molecule has 0 radical (unpaired) electrons. The Kier molecular flexibility index (Phi) is 57.1. The first-order chi connectivity index (χ1) is 32.9. The molecule has 1 saturated carbocycles. The summed E-state index contributed by atoms with van der Waals surface area (Å²) in [6, 6.07) is 0. The zero-order valence-electron chi connectivity index (χ0n) is 46.4. The second-order valence-corrected chi connectivity index (χ2v) is 25.2. The molecule has 1 aliphatic carbocycles. The van der Waals surface area contributed by atoms with Crippen molar-refractivity contribution in [3.8, 4) is 0 Å². The highest BCUT2D eigenvalue weighted by Crippen LogP contribution is 2.35. The van der Waals surface area contributed by atoms with E-state index in [0.717, 1.165) is 11.2 Å². The molecule has 0 heterocycles. The van der Waals surface area contributed by atoms with Crippen molar-refractivity contribution in [3.05, 3.63) is 0 Å². The Morgan fingerprint density at radius 1 is 0.227 bits per heavy atom. The summed E-state index contributed by atoms with van der Waals surface area (Å²) in [6.45, 7) is 4.63. The van der Waals surface area contributed by atoms with E-state index < -0.39 is 0 Å². The average molecular weight is 962 g/mol. The molecule has 0 unspecified atom stereocenters. The highest BCUT2D eigenvalue weighted by atomic mass is 32.2. The van der Waals surface area contributed by atoms with E-state index in [-0.39, 0.29) is 0 Å². The molecule has 1 aliphatic rings. The Bertz CT molecular complexity index is 833. The molecule has 66 heavy (non-hydrogen) atoms. The molecule has 1 rings (SSSR count). The van der Waals surface area contributed by atoms with Crippen molar-refractivity contribution in [1.29, 1.82) is 0 Å². The molecule has 396 valence electrons. The van der Waals surface area contributed by atoms with E-state index in [0.29, 0.717) is 0 Å². The lowest BCUT2D eigenvalue weighted by Gasteiger charge is -2.28. The minimum absolute atomic E-state index is 0.988. The zero-order chi connectivity index (χ0) is 47.0. The van der Waals surface area contributed by atoms with E-state index >= 15 is 0 Å². The fraction of sp³-hybridized carbons (Fsp3) is 1.00. The van der Waals surface area contributed by atoms with Crippen LogP contribution >= 0.6 is 23.5 Å². The molecule has 0 aliphatic heterocycles. The smallest absolute Gasteiger partial charge is 0.00472 e. The first kappa shape index (κ1) is 64.7. The molecule has 1 fully saturated rings. The van der Waals surface area contributed by atoms with Crippen LogP contribution in [-0.4, -0.2) is 22.5 Å². The second kappa shape index (κ2) is 58.3. The van der Waals surface area contributed by atoms with E-state index in [9.17, 15) is 0 Å². The van der Waals surface area contributed by atoms with Gasteiger partial charge in [0.05, 0.1) is 0 Å². The molecular weight excluding hydrogens is 833 g/mol. The molecular formula is C64H128S2. The first-order valence-electron chi connectivity index (χ1n) is 32.1. The van der Waals surface area contributed by atoms with Crippen molar-refractivity contribution in [3.63, 3.8) is 0 Å². The Morgan fingerprint density at radius 3 is 0.682 bits per heavy atom. The molecule has 0 atom stereocenters. The molecule has 0 aromatic heterocycles. The van der Waals surface area contributed by atoms with Crippen molar-refractivity contribution >= 4 is 23.5 Å². The van der Waals surface area contributed by atoms with Crippen LogP contribution in [0.2, 0.25) is 0 Å². The molecule has 0 saturated heterocycles. The Morgan fingerprint density at radius 2 is 0.439 bits per heavy atom. The fourth-order valence-electron chi connectivity index (χ4n) is 11.1. The van der Waals surface area contributed by atoms with Gasteiger partial charge in [-0.1, -0.05) is 335 Å². The van der Waals surface area contributed by atoms with Gasteiger partial charge in [-0.3, -0.25) is 0 Å². The van der Waals surface area contributed by atoms with Gasteiger partial charge < -0.3 is 0 Å². The SMILES string of the molecule is CCCCCCCCCCCCCCCCCCCCCCCCCCCCSCCC1CCC(SCCCCCCCCCCCCCCCCCCCCCCCCCCCC)CC1. The van der Waals surface area contributed by atoms with E-state index in [1.54, 1.807) is 0 Å². The predicted molar refractivity (Wildman–Crippen MR) is 312 cm³/mol. The van der Waals surface area contributed by atoms with E-state index in [4.69, 9.17) is 0 Å². The van der Waals surface area contributed by atoms with Crippen LogP contribution in [-0.2, 0) is 0 Å². The highest BCUT2D eigenvalue weighted by Gasteiger charge is 2.21. The molecule has 0 aromatic carbocycles. The van der Waals surface area contributed by atoms with Crippen LogP contribution in [0.5, 0.6) is 0 Å². The van der Waals surface area contributed by atoms with E-state index in [1.807, 2.05) is 0 Å². The Balaban J connectivity index is 1.67. The molecule has 0 aromatic rings. The van der Waals surface area contributed by atoms with Gasteiger partial charge >= 0.3 is 0 Å². The van der Waals surface area contributed by atoms with Crippen LogP contribution in [0.25, 0.3) is 0 Å². The maximum atomic E-state index is 2.34. The number of unbranched alkanes of at least 4 members (excludes halogenated alkanes) is 50. The number of thioether (sulfide) groups is 2. The molecule has 0 N–H and O–H groups in total. The molecule has 0 amide bonds. The van der Waals surface area contributed by atoms with Gasteiger partial charge in [-0.25, -0.2) is 0 Å². The molecule has 0 nitrogen and oxygen atoms in total. The topological polar surface area (TPSA) is 0 Å².